The number of benzene rings is 1. The van der Waals surface area contributed by atoms with E-state index in [1.54, 1.807) is 24.4 Å². The van der Waals surface area contributed by atoms with E-state index in [-0.39, 0.29) is 11.5 Å². The van der Waals surface area contributed by atoms with Crippen LogP contribution in [0.2, 0.25) is 0 Å². The second kappa shape index (κ2) is 7.69. The van der Waals surface area contributed by atoms with Crippen molar-refractivity contribution in [3.05, 3.63) is 48.1 Å². The highest BCUT2D eigenvalue weighted by molar-refractivity contribution is 5.87. The van der Waals surface area contributed by atoms with Gasteiger partial charge in [-0.3, -0.25) is 5.01 Å². The molecule has 1 aromatic rings. The van der Waals surface area contributed by atoms with Crippen LogP contribution in [0.4, 0.5) is 0 Å². The van der Waals surface area contributed by atoms with Crippen molar-refractivity contribution < 1.29 is 10.2 Å². The fourth-order valence-electron chi connectivity index (χ4n) is 2.72. The van der Waals surface area contributed by atoms with E-state index in [0.717, 1.165) is 25.9 Å². The maximum atomic E-state index is 10.5. The van der Waals surface area contributed by atoms with Crippen LogP contribution >= 0.6 is 0 Å². The van der Waals surface area contributed by atoms with E-state index in [0.29, 0.717) is 29.5 Å². The molecule has 1 aliphatic heterocycles. The molecular weight excluding hydrogens is 276 g/mol. The zero-order chi connectivity index (χ0) is 15.9. The summed E-state index contributed by atoms with van der Waals surface area (Å²) in [6, 6.07) is 1.59. The Labute approximate surface area is 132 Å². The first-order valence-electron chi connectivity index (χ1n) is 7.74. The van der Waals surface area contributed by atoms with E-state index < -0.39 is 0 Å². The van der Waals surface area contributed by atoms with Crippen molar-refractivity contribution in [3.63, 3.8) is 0 Å². The van der Waals surface area contributed by atoms with Gasteiger partial charge in [0.25, 0.3) is 0 Å². The smallest absolute Gasteiger partial charge is 0.128 e. The number of hydrazone groups is 1. The van der Waals surface area contributed by atoms with E-state index in [1.807, 2.05) is 5.01 Å². The average molecular weight is 300 g/mol. The normalized spacial score (nSPS) is 15.2. The monoisotopic (exact) mass is 300 g/mol. The SMILES string of the molecule is C=CCc1cc(O)c(CC=C)c(/C=N/N2CCCCC2)c1O. The van der Waals surface area contributed by atoms with Crippen LogP contribution in [0.3, 0.4) is 0 Å². The summed E-state index contributed by atoms with van der Waals surface area (Å²) in [7, 11) is 0. The molecule has 1 fully saturated rings. The van der Waals surface area contributed by atoms with E-state index in [2.05, 4.69) is 18.3 Å². The number of hydrogen-bond donors (Lipinski definition) is 2. The summed E-state index contributed by atoms with van der Waals surface area (Å²) in [5, 5.41) is 27.2. The topological polar surface area (TPSA) is 56.1 Å². The van der Waals surface area contributed by atoms with Gasteiger partial charge < -0.3 is 10.2 Å². The van der Waals surface area contributed by atoms with Gasteiger partial charge in [0.05, 0.1) is 6.21 Å². The number of aromatic hydroxyl groups is 2. The summed E-state index contributed by atoms with van der Waals surface area (Å²) in [6.07, 6.45) is 9.58. The average Bonchev–Trinajstić information content (AvgIpc) is 2.53. The molecule has 22 heavy (non-hydrogen) atoms. The van der Waals surface area contributed by atoms with Crippen LogP contribution in [0, 0.1) is 0 Å². The first-order valence-corrected chi connectivity index (χ1v) is 7.74. The van der Waals surface area contributed by atoms with Crippen LogP contribution in [0.15, 0.2) is 36.5 Å². The van der Waals surface area contributed by atoms with Crippen LogP contribution in [-0.2, 0) is 12.8 Å². The standard InChI is InChI=1S/C18H24N2O2/c1-3-8-14-12-17(21)15(9-4-2)16(18(14)22)13-19-20-10-6-5-7-11-20/h3-4,12-13,21-22H,1-2,5-11H2/b19-13+. The summed E-state index contributed by atoms with van der Waals surface area (Å²) >= 11 is 0. The highest BCUT2D eigenvalue weighted by Gasteiger charge is 2.15. The van der Waals surface area contributed by atoms with E-state index in [1.165, 1.54) is 6.42 Å². The lowest BCUT2D eigenvalue weighted by Crippen LogP contribution is -2.24. The zero-order valence-corrected chi connectivity index (χ0v) is 13.0. The van der Waals surface area contributed by atoms with Gasteiger partial charge in [-0.1, -0.05) is 12.2 Å². The number of hydrogen-bond acceptors (Lipinski definition) is 4. The molecule has 0 spiro atoms. The third kappa shape index (κ3) is 3.70. The van der Waals surface area contributed by atoms with Crippen molar-refractivity contribution in [1.82, 2.24) is 5.01 Å². The van der Waals surface area contributed by atoms with Gasteiger partial charge >= 0.3 is 0 Å². The van der Waals surface area contributed by atoms with Crippen LogP contribution < -0.4 is 0 Å². The maximum absolute atomic E-state index is 10.5. The molecule has 0 aliphatic carbocycles. The van der Waals surface area contributed by atoms with E-state index in [4.69, 9.17) is 0 Å². The molecule has 0 bridgehead atoms. The molecule has 0 amide bonds. The fourth-order valence-corrected chi connectivity index (χ4v) is 2.72. The number of piperidine rings is 1. The minimum atomic E-state index is 0.162. The number of phenolic OH excluding ortho intramolecular Hbond substituents is 2. The van der Waals surface area contributed by atoms with Gasteiger partial charge in [-0.25, -0.2) is 0 Å². The van der Waals surface area contributed by atoms with Gasteiger partial charge in [-0.05, 0) is 38.2 Å². The van der Waals surface area contributed by atoms with Crippen LogP contribution in [0.1, 0.15) is 36.0 Å². The van der Waals surface area contributed by atoms with Gasteiger partial charge in [0.15, 0.2) is 0 Å². The maximum Gasteiger partial charge on any atom is 0.128 e. The Bertz CT molecular complexity index is 573. The van der Waals surface area contributed by atoms with Gasteiger partial charge in [-0.2, -0.15) is 5.10 Å². The van der Waals surface area contributed by atoms with Crippen molar-refractivity contribution >= 4 is 6.21 Å². The molecule has 1 aliphatic rings. The Morgan fingerprint density at radius 2 is 1.77 bits per heavy atom. The molecule has 0 unspecified atom stereocenters. The predicted molar refractivity (Wildman–Crippen MR) is 90.6 cm³/mol. The minimum Gasteiger partial charge on any atom is -0.508 e. The Kier molecular flexibility index (Phi) is 5.64. The molecule has 2 rings (SSSR count). The molecule has 0 atom stereocenters. The number of rotatable bonds is 6. The molecule has 118 valence electrons. The van der Waals surface area contributed by atoms with Crippen molar-refractivity contribution in [2.24, 2.45) is 5.10 Å². The van der Waals surface area contributed by atoms with E-state index in [9.17, 15) is 10.2 Å². The summed E-state index contributed by atoms with van der Waals surface area (Å²) < 4.78 is 0. The molecule has 0 aromatic heterocycles. The minimum absolute atomic E-state index is 0.162. The lowest BCUT2D eigenvalue weighted by Gasteiger charge is -2.23. The predicted octanol–water partition coefficient (Wildman–Crippen LogP) is 3.37. The number of nitrogens with zero attached hydrogens (tertiary/aromatic N) is 2. The molecule has 4 heteroatoms. The third-order valence-corrected chi connectivity index (χ3v) is 3.90. The van der Waals surface area contributed by atoms with Crippen molar-refractivity contribution in [3.8, 4) is 11.5 Å². The van der Waals surface area contributed by atoms with Gasteiger partial charge in [-0.15, -0.1) is 13.2 Å². The Morgan fingerprint density at radius 1 is 1.09 bits per heavy atom. The van der Waals surface area contributed by atoms with Crippen LogP contribution in [0.5, 0.6) is 11.5 Å². The van der Waals surface area contributed by atoms with Crippen molar-refractivity contribution in [2.45, 2.75) is 32.1 Å². The van der Waals surface area contributed by atoms with Gasteiger partial charge in [0, 0.05) is 29.8 Å². The first-order chi connectivity index (χ1) is 10.7. The summed E-state index contributed by atoms with van der Waals surface area (Å²) in [5.74, 6) is 0.324. The molecule has 1 heterocycles. The van der Waals surface area contributed by atoms with E-state index >= 15 is 0 Å². The third-order valence-electron chi connectivity index (χ3n) is 3.90. The summed E-state index contributed by atoms with van der Waals surface area (Å²) in [6.45, 7) is 9.27. The first kappa shape index (κ1) is 16.1. The Morgan fingerprint density at radius 3 is 2.41 bits per heavy atom. The molecule has 0 saturated carbocycles. The summed E-state index contributed by atoms with van der Waals surface area (Å²) in [5.41, 5.74) is 1.88. The Hall–Kier alpha value is -2.23. The molecular formula is C18H24N2O2. The molecule has 4 nitrogen and oxygen atoms in total. The molecule has 1 saturated heterocycles. The molecule has 0 radical (unpaired) electrons. The molecule has 1 aromatic carbocycles. The lowest BCUT2D eigenvalue weighted by atomic mass is 9.97. The van der Waals surface area contributed by atoms with Gasteiger partial charge in [0.1, 0.15) is 11.5 Å². The van der Waals surface area contributed by atoms with Crippen LogP contribution in [0.25, 0.3) is 0 Å². The second-order valence-electron chi connectivity index (χ2n) is 5.54. The van der Waals surface area contributed by atoms with Crippen LogP contribution in [-0.4, -0.2) is 34.5 Å². The lowest BCUT2D eigenvalue weighted by molar-refractivity contribution is 0.240. The highest BCUT2D eigenvalue weighted by atomic mass is 16.3. The molecule has 2 N–H and O–H groups in total. The van der Waals surface area contributed by atoms with Crippen molar-refractivity contribution in [1.29, 1.82) is 0 Å². The van der Waals surface area contributed by atoms with Crippen molar-refractivity contribution in [2.75, 3.05) is 13.1 Å². The summed E-state index contributed by atoms with van der Waals surface area (Å²) in [4.78, 5) is 0. The number of allylic oxidation sites excluding steroid dienone is 2. The van der Waals surface area contributed by atoms with Gasteiger partial charge in [0.2, 0.25) is 0 Å². The highest BCUT2D eigenvalue weighted by Crippen LogP contribution is 2.33. The zero-order valence-electron chi connectivity index (χ0n) is 13.0. The number of phenols is 2. The quantitative estimate of drug-likeness (QED) is 0.481. The largest absolute Gasteiger partial charge is 0.508 e. The second-order valence-corrected chi connectivity index (χ2v) is 5.54. The fraction of sp³-hybridized carbons (Fsp3) is 0.389. The Balaban J connectivity index is 2.38.